The van der Waals surface area contributed by atoms with Crippen molar-refractivity contribution in [1.29, 1.82) is 0 Å². The Bertz CT molecular complexity index is 403. The molecule has 0 bridgehead atoms. The molecule has 0 aromatic rings. The predicted molar refractivity (Wildman–Crippen MR) is 114 cm³/mol. The molecular weight excluding hydrogens is 328 g/mol. The molecule has 0 heterocycles. The van der Waals surface area contributed by atoms with Crippen LogP contribution in [0.25, 0.3) is 0 Å². The number of hydrogen-bond donors (Lipinski definition) is 0. The monoisotopic (exact) mass is 372 g/mol. The standard InChI is InChI=1S/C20H44O2Si2/c1-14-15-18(22-24(12,13)20(7,8)9)16(2)17(3)21-23(10,11)19(4,5)6/h14,16-18H,1,15H2,2-13H3/t16-,17+,18+/m0/s1. The van der Waals surface area contributed by atoms with Gasteiger partial charge in [-0.05, 0) is 49.6 Å². The van der Waals surface area contributed by atoms with Crippen molar-refractivity contribution in [3.05, 3.63) is 12.7 Å². The third-order valence-electron chi connectivity index (χ3n) is 6.26. The largest absolute Gasteiger partial charge is 0.414 e. The molecule has 0 saturated heterocycles. The van der Waals surface area contributed by atoms with Crippen LogP contribution in [0, 0.1) is 5.92 Å². The fourth-order valence-electron chi connectivity index (χ4n) is 2.14. The van der Waals surface area contributed by atoms with E-state index in [0.717, 1.165) is 6.42 Å². The van der Waals surface area contributed by atoms with Gasteiger partial charge in [-0.2, -0.15) is 0 Å². The van der Waals surface area contributed by atoms with Gasteiger partial charge < -0.3 is 8.85 Å². The highest BCUT2D eigenvalue weighted by Crippen LogP contribution is 2.41. The van der Waals surface area contributed by atoms with E-state index in [1.165, 1.54) is 0 Å². The first-order chi connectivity index (χ1) is 10.5. The van der Waals surface area contributed by atoms with Gasteiger partial charge in [0.1, 0.15) is 0 Å². The second-order valence-electron chi connectivity index (χ2n) is 10.4. The lowest BCUT2D eigenvalue weighted by atomic mass is 9.97. The van der Waals surface area contributed by atoms with Crippen molar-refractivity contribution >= 4 is 16.6 Å². The van der Waals surface area contributed by atoms with E-state index in [1.54, 1.807) is 0 Å². The van der Waals surface area contributed by atoms with Crippen molar-refractivity contribution in [1.82, 2.24) is 0 Å². The molecular formula is C20H44O2Si2. The number of rotatable bonds is 8. The topological polar surface area (TPSA) is 18.5 Å². The maximum absolute atomic E-state index is 6.73. The first kappa shape index (κ1) is 24.1. The smallest absolute Gasteiger partial charge is 0.192 e. The summed E-state index contributed by atoms with van der Waals surface area (Å²) in [5.41, 5.74) is 0. The normalized spacial score (nSPS) is 18.2. The Morgan fingerprint density at radius 2 is 1.21 bits per heavy atom. The highest BCUT2D eigenvalue weighted by molar-refractivity contribution is 6.74. The van der Waals surface area contributed by atoms with E-state index >= 15 is 0 Å². The molecule has 0 aromatic carbocycles. The summed E-state index contributed by atoms with van der Waals surface area (Å²) in [6.45, 7) is 31.5. The zero-order valence-electron chi connectivity index (χ0n) is 18.5. The van der Waals surface area contributed by atoms with Crippen LogP contribution in [0.15, 0.2) is 12.7 Å². The Kier molecular flexibility index (Phi) is 8.22. The lowest BCUT2D eigenvalue weighted by molar-refractivity contribution is 0.0458. The fourth-order valence-corrected chi connectivity index (χ4v) is 5.06. The van der Waals surface area contributed by atoms with Crippen LogP contribution in [0.3, 0.4) is 0 Å². The van der Waals surface area contributed by atoms with Crippen LogP contribution in [0.5, 0.6) is 0 Å². The van der Waals surface area contributed by atoms with Crippen molar-refractivity contribution in [2.75, 3.05) is 0 Å². The minimum absolute atomic E-state index is 0.183. The molecule has 0 spiro atoms. The third kappa shape index (κ3) is 6.43. The van der Waals surface area contributed by atoms with Gasteiger partial charge >= 0.3 is 0 Å². The van der Waals surface area contributed by atoms with E-state index in [2.05, 4.69) is 88.2 Å². The van der Waals surface area contributed by atoms with Crippen LogP contribution in [0.1, 0.15) is 61.8 Å². The van der Waals surface area contributed by atoms with E-state index < -0.39 is 16.6 Å². The Labute approximate surface area is 154 Å². The second-order valence-corrected chi connectivity index (χ2v) is 19.9. The van der Waals surface area contributed by atoms with E-state index in [1.807, 2.05) is 6.08 Å². The van der Waals surface area contributed by atoms with Gasteiger partial charge in [-0.25, -0.2) is 0 Å². The van der Waals surface area contributed by atoms with Gasteiger partial charge in [-0.1, -0.05) is 54.5 Å². The summed E-state index contributed by atoms with van der Waals surface area (Å²) in [6, 6.07) is 0. The van der Waals surface area contributed by atoms with Crippen molar-refractivity contribution in [3.8, 4) is 0 Å². The molecule has 0 rings (SSSR count). The average Bonchev–Trinajstić information content (AvgIpc) is 2.33. The molecule has 0 saturated carbocycles. The predicted octanol–water partition coefficient (Wildman–Crippen LogP) is 7.00. The van der Waals surface area contributed by atoms with Gasteiger partial charge in [0.2, 0.25) is 0 Å². The quantitative estimate of drug-likeness (QED) is 0.337. The zero-order valence-corrected chi connectivity index (χ0v) is 20.5. The summed E-state index contributed by atoms with van der Waals surface area (Å²) in [6.07, 6.45) is 3.26. The van der Waals surface area contributed by atoms with Gasteiger partial charge in [0.25, 0.3) is 0 Å². The Balaban J connectivity index is 5.23. The van der Waals surface area contributed by atoms with Crippen molar-refractivity contribution in [3.63, 3.8) is 0 Å². The van der Waals surface area contributed by atoms with Gasteiger partial charge in [0, 0.05) is 12.0 Å². The van der Waals surface area contributed by atoms with E-state index in [4.69, 9.17) is 8.85 Å². The Morgan fingerprint density at radius 3 is 1.54 bits per heavy atom. The molecule has 0 aliphatic carbocycles. The SMILES string of the molecule is C=CC[C@@H](O[Si](C)(C)C(C)(C)C)[C@@H](C)[C@@H](C)O[Si](C)(C)C(C)(C)C. The van der Waals surface area contributed by atoms with E-state index in [9.17, 15) is 0 Å². The van der Waals surface area contributed by atoms with Crippen LogP contribution in [-0.4, -0.2) is 28.8 Å². The molecule has 0 unspecified atom stereocenters. The molecule has 0 aliphatic rings. The van der Waals surface area contributed by atoms with Crippen LogP contribution >= 0.6 is 0 Å². The molecule has 0 radical (unpaired) electrons. The minimum Gasteiger partial charge on any atom is -0.414 e. The summed E-state index contributed by atoms with van der Waals surface area (Å²) >= 11 is 0. The summed E-state index contributed by atoms with van der Waals surface area (Å²) in [5, 5.41) is 0.449. The van der Waals surface area contributed by atoms with Crippen molar-refractivity contribution in [2.24, 2.45) is 5.92 Å². The second kappa shape index (κ2) is 8.19. The molecule has 0 aromatic heterocycles. The van der Waals surface area contributed by atoms with Crippen LogP contribution in [-0.2, 0) is 8.85 Å². The molecule has 0 aliphatic heterocycles. The van der Waals surface area contributed by atoms with Crippen molar-refractivity contribution in [2.45, 2.75) is 110 Å². The van der Waals surface area contributed by atoms with Gasteiger partial charge in [0.15, 0.2) is 16.6 Å². The molecule has 24 heavy (non-hydrogen) atoms. The summed E-state index contributed by atoms with van der Waals surface area (Å²) in [4.78, 5) is 0. The molecule has 4 heteroatoms. The molecule has 144 valence electrons. The highest BCUT2D eigenvalue weighted by atomic mass is 28.4. The van der Waals surface area contributed by atoms with Gasteiger partial charge in [-0.15, -0.1) is 6.58 Å². The van der Waals surface area contributed by atoms with Crippen LogP contribution in [0.4, 0.5) is 0 Å². The van der Waals surface area contributed by atoms with Gasteiger partial charge in [0.05, 0.1) is 6.10 Å². The van der Waals surface area contributed by atoms with E-state index in [0.29, 0.717) is 5.92 Å². The lowest BCUT2D eigenvalue weighted by Gasteiger charge is -2.44. The maximum atomic E-state index is 6.73. The van der Waals surface area contributed by atoms with Gasteiger partial charge in [-0.3, -0.25) is 0 Å². The molecule has 0 fully saturated rings. The molecule has 0 N–H and O–H groups in total. The maximum Gasteiger partial charge on any atom is 0.192 e. The number of hydrogen-bond acceptors (Lipinski definition) is 2. The van der Waals surface area contributed by atoms with Crippen LogP contribution in [0.2, 0.25) is 36.3 Å². The lowest BCUT2D eigenvalue weighted by Crippen LogP contribution is -2.49. The molecule has 2 nitrogen and oxygen atoms in total. The summed E-state index contributed by atoms with van der Waals surface area (Å²) < 4.78 is 13.4. The van der Waals surface area contributed by atoms with Crippen molar-refractivity contribution < 1.29 is 8.85 Å². The Hall–Kier alpha value is 0.0938. The van der Waals surface area contributed by atoms with E-state index in [-0.39, 0.29) is 22.3 Å². The summed E-state index contributed by atoms with van der Waals surface area (Å²) in [7, 11) is -3.57. The Morgan fingerprint density at radius 1 is 0.833 bits per heavy atom. The minimum atomic E-state index is -1.80. The molecule has 0 amide bonds. The first-order valence-corrected chi connectivity index (χ1v) is 15.2. The average molecular weight is 373 g/mol. The highest BCUT2D eigenvalue weighted by Gasteiger charge is 2.43. The molecule has 3 atom stereocenters. The zero-order chi connectivity index (χ0) is 19.6. The van der Waals surface area contributed by atoms with Crippen LogP contribution < -0.4 is 0 Å². The fraction of sp³-hybridized carbons (Fsp3) is 0.900. The first-order valence-electron chi connectivity index (χ1n) is 9.43. The summed E-state index contributed by atoms with van der Waals surface area (Å²) in [5.74, 6) is 0.353. The third-order valence-corrected chi connectivity index (χ3v) is 15.3.